The molecule has 26 heavy (non-hydrogen) atoms. The fourth-order valence-corrected chi connectivity index (χ4v) is 3.63. The maximum absolute atomic E-state index is 12.6. The van der Waals surface area contributed by atoms with E-state index in [9.17, 15) is 4.79 Å². The van der Waals surface area contributed by atoms with Crippen LogP contribution in [-0.2, 0) is 18.3 Å². The van der Waals surface area contributed by atoms with Gasteiger partial charge in [0, 0.05) is 36.3 Å². The van der Waals surface area contributed by atoms with Crippen molar-refractivity contribution in [2.45, 2.75) is 26.3 Å². The number of benzene rings is 1. The van der Waals surface area contributed by atoms with Crippen LogP contribution >= 0.6 is 11.3 Å². The molecule has 136 valence electrons. The second-order valence-corrected chi connectivity index (χ2v) is 7.50. The predicted octanol–water partition coefficient (Wildman–Crippen LogP) is 2.98. The van der Waals surface area contributed by atoms with E-state index in [4.69, 9.17) is 0 Å². The van der Waals surface area contributed by atoms with Gasteiger partial charge in [-0.1, -0.05) is 18.2 Å². The minimum atomic E-state index is -0.462. The predicted molar refractivity (Wildman–Crippen MR) is 104 cm³/mol. The van der Waals surface area contributed by atoms with E-state index in [0.29, 0.717) is 5.13 Å². The van der Waals surface area contributed by atoms with Crippen molar-refractivity contribution in [2.24, 2.45) is 7.05 Å². The van der Waals surface area contributed by atoms with Crippen LogP contribution in [0.15, 0.2) is 36.8 Å². The molecule has 0 aliphatic rings. The minimum Gasteiger partial charge on any atom is -0.305 e. The summed E-state index contributed by atoms with van der Waals surface area (Å²) in [5, 5.41) is 10.6. The first kappa shape index (κ1) is 18.3. The number of aromatic nitrogens is 3. The van der Waals surface area contributed by atoms with Crippen LogP contribution in [0.25, 0.3) is 0 Å². The lowest BCUT2D eigenvalue weighted by atomic mass is 10.0. The largest absolute Gasteiger partial charge is 0.305 e. The van der Waals surface area contributed by atoms with Gasteiger partial charge in [0.05, 0.1) is 6.20 Å². The van der Waals surface area contributed by atoms with E-state index in [-0.39, 0.29) is 5.91 Å². The molecule has 3 rings (SSSR count). The number of anilines is 1. The number of likely N-dealkylation sites (N-methyl/N-ethyl adjacent to an activating group) is 1. The Bertz CT molecular complexity index is 914. The van der Waals surface area contributed by atoms with Gasteiger partial charge in [0.15, 0.2) is 5.13 Å². The Morgan fingerprint density at radius 1 is 1.27 bits per heavy atom. The van der Waals surface area contributed by atoms with Crippen LogP contribution in [0, 0.1) is 13.8 Å². The number of hydrogen-bond acceptors (Lipinski definition) is 5. The lowest BCUT2D eigenvalue weighted by Crippen LogP contribution is -2.30. The van der Waals surface area contributed by atoms with Crippen molar-refractivity contribution >= 4 is 22.4 Å². The van der Waals surface area contributed by atoms with Gasteiger partial charge < -0.3 is 10.6 Å². The second kappa shape index (κ2) is 7.80. The molecule has 1 atom stereocenters. The van der Waals surface area contributed by atoms with Gasteiger partial charge in [-0.15, -0.1) is 11.3 Å². The summed E-state index contributed by atoms with van der Waals surface area (Å²) >= 11 is 1.50. The highest BCUT2D eigenvalue weighted by Gasteiger charge is 2.21. The standard InChI is InChI=1S/C19H23N5OS/c1-12-5-6-14(7-13(12)2)8-16-10-21-19(26-16)23-18(25)17(20-3)15-9-22-24(4)11-15/h5-7,9-11,17,20H,8H2,1-4H3,(H,21,23,25). The molecular formula is C19H23N5OS. The van der Waals surface area contributed by atoms with Gasteiger partial charge >= 0.3 is 0 Å². The van der Waals surface area contributed by atoms with Gasteiger partial charge in [0.2, 0.25) is 5.91 Å². The van der Waals surface area contributed by atoms with Gasteiger partial charge in [0.25, 0.3) is 0 Å². The van der Waals surface area contributed by atoms with Crippen LogP contribution in [0.3, 0.4) is 0 Å². The summed E-state index contributed by atoms with van der Waals surface area (Å²) in [5.74, 6) is -0.146. The number of thiazole rings is 1. The van der Waals surface area contributed by atoms with E-state index in [1.807, 2.05) is 19.4 Å². The summed E-state index contributed by atoms with van der Waals surface area (Å²) in [6, 6.07) is 6.02. The zero-order valence-corrected chi connectivity index (χ0v) is 16.2. The van der Waals surface area contributed by atoms with E-state index in [0.717, 1.165) is 16.9 Å². The molecule has 2 aromatic heterocycles. The molecule has 7 heteroatoms. The molecule has 0 aliphatic heterocycles. The number of nitrogens with zero attached hydrogens (tertiary/aromatic N) is 3. The summed E-state index contributed by atoms with van der Waals surface area (Å²) in [5.41, 5.74) is 4.64. The number of carbonyl (C=O) groups excluding carboxylic acids is 1. The van der Waals surface area contributed by atoms with Gasteiger partial charge in [-0.25, -0.2) is 4.98 Å². The van der Waals surface area contributed by atoms with Crippen molar-refractivity contribution in [1.82, 2.24) is 20.1 Å². The summed E-state index contributed by atoms with van der Waals surface area (Å²) in [4.78, 5) is 18.0. The Morgan fingerprint density at radius 3 is 2.73 bits per heavy atom. The van der Waals surface area contributed by atoms with Crippen molar-refractivity contribution in [3.8, 4) is 0 Å². The number of amides is 1. The fourth-order valence-electron chi connectivity index (χ4n) is 2.78. The zero-order valence-electron chi connectivity index (χ0n) is 15.4. The normalized spacial score (nSPS) is 12.2. The molecule has 1 unspecified atom stereocenters. The lowest BCUT2D eigenvalue weighted by molar-refractivity contribution is -0.118. The minimum absolute atomic E-state index is 0.146. The van der Waals surface area contributed by atoms with E-state index in [1.54, 1.807) is 17.9 Å². The SMILES string of the molecule is CNC(C(=O)Nc1ncc(Cc2ccc(C)c(C)c2)s1)c1cnn(C)c1. The van der Waals surface area contributed by atoms with Crippen molar-refractivity contribution in [3.63, 3.8) is 0 Å². The van der Waals surface area contributed by atoms with E-state index < -0.39 is 6.04 Å². The van der Waals surface area contributed by atoms with Crippen LogP contribution in [0.4, 0.5) is 5.13 Å². The van der Waals surface area contributed by atoms with Crippen molar-refractivity contribution < 1.29 is 4.79 Å². The summed E-state index contributed by atoms with van der Waals surface area (Å²) in [6.45, 7) is 4.23. The molecule has 2 heterocycles. The molecular weight excluding hydrogens is 346 g/mol. The van der Waals surface area contributed by atoms with Crippen molar-refractivity contribution in [1.29, 1.82) is 0 Å². The molecule has 6 nitrogen and oxygen atoms in total. The molecule has 2 N–H and O–H groups in total. The maximum atomic E-state index is 12.6. The molecule has 3 aromatic rings. The van der Waals surface area contributed by atoms with Crippen LogP contribution < -0.4 is 10.6 Å². The highest BCUT2D eigenvalue weighted by Crippen LogP contribution is 2.23. The Kier molecular flexibility index (Phi) is 5.49. The molecule has 0 aliphatic carbocycles. The third-order valence-electron chi connectivity index (χ3n) is 4.34. The third kappa shape index (κ3) is 4.17. The molecule has 0 spiro atoms. The molecule has 0 saturated carbocycles. The molecule has 1 aromatic carbocycles. The van der Waals surface area contributed by atoms with Crippen LogP contribution in [0.1, 0.15) is 33.2 Å². The van der Waals surface area contributed by atoms with Gasteiger partial charge in [-0.05, 0) is 37.6 Å². The van der Waals surface area contributed by atoms with Crippen LogP contribution in [-0.4, -0.2) is 27.7 Å². The Hall–Kier alpha value is -2.51. The molecule has 1 amide bonds. The number of aryl methyl sites for hydroxylation is 3. The first-order valence-electron chi connectivity index (χ1n) is 8.43. The van der Waals surface area contributed by atoms with Gasteiger partial charge in [-0.3, -0.25) is 9.48 Å². The fraction of sp³-hybridized carbons (Fsp3) is 0.316. The Morgan fingerprint density at radius 2 is 2.08 bits per heavy atom. The number of rotatable bonds is 6. The average molecular weight is 369 g/mol. The number of hydrogen-bond donors (Lipinski definition) is 2. The van der Waals surface area contributed by atoms with Crippen molar-refractivity contribution in [3.05, 3.63) is 63.9 Å². The maximum Gasteiger partial charge on any atom is 0.247 e. The van der Waals surface area contributed by atoms with Crippen molar-refractivity contribution in [2.75, 3.05) is 12.4 Å². The van der Waals surface area contributed by atoms with Gasteiger partial charge in [0.1, 0.15) is 6.04 Å². The van der Waals surface area contributed by atoms with E-state index in [1.165, 1.54) is 28.0 Å². The third-order valence-corrected chi connectivity index (χ3v) is 5.26. The summed E-state index contributed by atoms with van der Waals surface area (Å²) < 4.78 is 1.68. The Labute approximate surface area is 157 Å². The summed E-state index contributed by atoms with van der Waals surface area (Å²) in [6.07, 6.45) is 6.15. The quantitative estimate of drug-likeness (QED) is 0.701. The second-order valence-electron chi connectivity index (χ2n) is 6.39. The topological polar surface area (TPSA) is 71.8 Å². The van der Waals surface area contributed by atoms with Crippen LogP contribution in [0.2, 0.25) is 0 Å². The monoisotopic (exact) mass is 369 g/mol. The zero-order chi connectivity index (χ0) is 18.7. The highest BCUT2D eigenvalue weighted by atomic mass is 32.1. The molecule has 0 saturated heterocycles. The smallest absolute Gasteiger partial charge is 0.247 e. The molecule has 0 radical (unpaired) electrons. The van der Waals surface area contributed by atoms with Crippen LogP contribution in [0.5, 0.6) is 0 Å². The molecule has 0 fully saturated rings. The van der Waals surface area contributed by atoms with Gasteiger partial charge in [-0.2, -0.15) is 5.10 Å². The Balaban J connectivity index is 1.67. The first-order valence-corrected chi connectivity index (χ1v) is 9.25. The van der Waals surface area contributed by atoms with E-state index in [2.05, 4.69) is 52.8 Å². The van der Waals surface area contributed by atoms with E-state index >= 15 is 0 Å². The lowest BCUT2D eigenvalue weighted by Gasteiger charge is -2.12. The molecule has 0 bridgehead atoms. The average Bonchev–Trinajstić information content (AvgIpc) is 3.21. The number of carbonyl (C=O) groups is 1. The summed E-state index contributed by atoms with van der Waals surface area (Å²) in [7, 11) is 3.58. The number of nitrogens with one attached hydrogen (secondary N) is 2. The highest BCUT2D eigenvalue weighted by molar-refractivity contribution is 7.15. The first-order chi connectivity index (χ1) is 12.5.